The molecule has 0 bridgehead atoms. The molecule has 2 rings (SSSR count). The van der Waals surface area contributed by atoms with Gasteiger partial charge in [0.1, 0.15) is 0 Å². The van der Waals surface area contributed by atoms with Crippen LogP contribution in [0, 0.1) is 11.3 Å². The van der Waals surface area contributed by atoms with Crippen molar-refractivity contribution in [3.63, 3.8) is 0 Å². The number of benzene rings is 1. The van der Waals surface area contributed by atoms with Gasteiger partial charge in [0.15, 0.2) is 0 Å². The zero-order valence-electron chi connectivity index (χ0n) is 10.3. The van der Waals surface area contributed by atoms with Crippen LogP contribution >= 0.6 is 0 Å². The van der Waals surface area contributed by atoms with E-state index in [2.05, 4.69) is 37.3 Å². The van der Waals surface area contributed by atoms with Crippen molar-refractivity contribution in [2.45, 2.75) is 44.9 Å². The lowest BCUT2D eigenvalue weighted by Gasteiger charge is -2.36. The zero-order chi connectivity index (χ0) is 11.6. The third-order valence-corrected chi connectivity index (χ3v) is 4.32. The minimum absolute atomic E-state index is 0.0439. The highest BCUT2D eigenvalue weighted by Gasteiger charge is 2.39. The van der Waals surface area contributed by atoms with Crippen molar-refractivity contribution < 1.29 is 0 Å². The Morgan fingerprint density at radius 1 is 1.19 bits per heavy atom. The maximum Gasteiger partial charge on any atom is 0.0326 e. The second-order valence-corrected chi connectivity index (χ2v) is 5.17. The van der Waals surface area contributed by atoms with Gasteiger partial charge in [-0.05, 0) is 38.2 Å². The first-order valence-corrected chi connectivity index (χ1v) is 6.27. The van der Waals surface area contributed by atoms with Gasteiger partial charge in [0, 0.05) is 11.1 Å². The molecule has 0 aliphatic heterocycles. The third-order valence-electron chi connectivity index (χ3n) is 4.32. The highest BCUT2D eigenvalue weighted by Crippen LogP contribution is 2.42. The summed E-state index contributed by atoms with van der Waals surface area (Å²) in [6, 6.07) is 10.6. The van der Waals surface area contributed by atoms with Crippen molar-refractivity contribution in [1.29, 1.82) is 5.41 Å². The first kappa shape index (κ1) is 11.4. The molecule has 0 aromatic heterocycles. The number of nitrogens with one attached hydrogen (secondary N) is 1. The monoisotopic (exact) mass is 215 g/mol. The molecule has 1 aliphatic carbocycles. The molecule has 0 amide bonds. The molecule has 1 aliphatic rings. The van der Waals surface area contributed by atoms with Crippen LogP contribution in [-0.2, 0) is 5.41 Å². The van der Waals surface area contributed by atoms with Crippen LogP contribution in [0.4, 0.5) is 0 Å². The topological polar surface area (TPSA) is 23.9 Å². The van der Waals surface area contributed by atoms with E-state index in [0.29, 0.717) is 5.92 Å². The Hall–Kier alpha value is -1.11. The maximum atomic E-state index is 8.15. The smallest absolute Gasteiger partial charge is 0.0326 e. The molecule has 1 heteroatoms. The predicted octanol–water partition coefficient (Wildman–Crippen LogP) is 4.17. The molecule has 0 saturated heterocycles. The Bertz CT molecular complexity index is 362. The number of rotatable bonds is 3. The van der Waals surface area contributed by atoms with Crippen molar-refractivity contribution in [2.24, 2.45) is 5.92 Å². The quantitative estimate of drug-likeness (QED) is 0.732. The van der Waals surface area contributed by atoms with E-state index in [1.54, 1.807) is 0 Å². The maximum absolute atomic E-state index is 8.15. The lowest BCUT2D eigenvalue weighted by molar-refractivity contribution is 0.388. The van der Waals surface area contributed by atoms with Gasteiger partial charge in [-0.3, -0.25) is 0 Å². The van der Waals surface area contributed by atoms with E-state index < -0.39 is 0 Å². The first-order chi connectivity index (χ1) is 7.65. The predicted molar refractivity (Wildman–Crippen MR) is 69.2 cm³/mol. The molecule has 1 atom stereocenters. The van der Waals surface area contributed by atoms with Crippen LogP contribution in [0.15, 0.2) is 30.3 Å². The van der Waals surface area contributed by atoms with E-state index in [1.807, 2.05) is 6.92 Å². The van der Waals surface area contributed by atoms with E-state index >= 15 is 0 Å². The van der Waals surface area contributed by atoms with Crippen molar-refractivity contribution >= 4 is 5.71 Å². The van der Waals surface area contributed by atoms with Gasteiger partial charge in [-0.1, -0.05) is 43.2 Å². The van der Waals surface area contributed by atoms with E-state index in [4.69, 9.17) is 5.41 Å². The normalized spacial score (nSPS) is 20.6. The fourth-order valence-corrected chi connectivity index (χ4v) is 3.05. The zero-order valence-corrected chi connectivity index (χ0v) is 10.3. The SMILES string of the molecule is CC(=N)C(C)(c1ccccc1)C1CCCC1. The molecular weight excluding hydrogens is 194 g/mol. The highest BCUT2D eigenvalue weighted by atomic mass is 14.5. The van der Waals surface area contributed by atoms with Crippen molar-refractivity contribution in [1.82, 2.24) is 0 Å². The van der Waals surface area contributed by atoms with Gasteiger partial charge in [0.2, 0.25) is 0 Å². The molecule has 1 N–H and O–H groups in total. The van der Waals surface area contributed by atoms with Crippen LogP contribution in [0.3, 0.4) is 0 Å². The summed E-state index contributed by atoms with van der Waals surface area (Å²) in [4.78, 5) is 0. The van der Waals surface area contributed by atoms with Crippen LogP contribution in [0.1, 0.15) is 45.1 Å². The van der Waals surface area contributed by atoms with Crippen LogP contribution in [0.5, 0.6) is 0 Å². The molecule has 1 nitrogen and oxygen atoms in total. The summed E-state index contributed by atoms with van der Waals surface area (Å²) in [7, 11) is 0. The minimum Gasteiger partial charge on any atom is -0.309 e. The summed E-state index contributed by atoms with van der Waals surface area (Å²) in [6.45, 7) is 4.21. The number of hydrogen-bond donors (Lipinski definition) is 1. The number of hydrogen-bond acceptors (Lipinski definition) is 1. The fourth-order valence-electron chi connectivity index (χ4n) is 3.05. The Morgan fingerprint density at radius 3 is 2.25 bits per heavy atom. The van der Waals surface area contributed by atoms with Gasteiger partial charge in [-0.15, -0.1) is 0 Å². The van der Waals surface area contributed by atoms with Gasteiger partial charge >= 0.3 is 0 Å². The van der Waals surface area contributed by atoms with E-state index in [-0.39, 0.29) is 5.41 Å². The van der Waals surface area contributed by atoms with Crippen LogP contribution < -0.4 is 0 Å². The van der Waals surface area contributed by atoms with E-state index in [1.165, 1.54) is 31.2 Å². The molecule has 1 fully saturated rings. The van der Waals surface area contributed by atoms with E-state index in [0.717, 1.165) is 5.71 Å². The molecular formula is C15H21N. The van der Waals surface area contributed by atoms with E-state index in [9.17, 15) is 0 Å². The lowest BCUT2D eigenvalue weighted by atomic mass is 9.68. The third kappa shape index (κ3) is 1.79. The molecule has 0 heterocycles. The summed E-state index contributed by atoms with van der Waals surface area (Å²) >= 11 is 0. The second kappa shape index (κ2) is 4.40. The Kier molecular flexibility index (Phi) is 3.13. The van der Waals surface area contributed by atoms with Gasteiger partial charge in [-0.2, -0.15) is 0 Å². The molecule has 86 valence electrons. The summed E-state index contributed by atoms with van der Waals surface area (Å²) in [5.74, 6) is 0.660. The van der Waals surface area contributed by atoms with Gasteiger partial charge < -0.3 is 5.41 Å². The fraction of sp³-hybridized carbons (Fsp3) is 0.533. The second-order valence-electron chi connectivity index (χ2n) is 5.17. The Morgan fingerprint density at radius 2 is 1.75 bits per heavy atom. The van der Waals surface area contributed by atoms with Crippen molar-refractivity contribution in [3.05, 3.63) is 35.9 Å². The molecule has 1 unspecified atom stereocenters. The average Bonchev–Trinajstić information content (AvgIpc) is 2.82. The lowest BCUT2D eigenvalue weighted by Crippen LogP contribution is -2.37. The van der Waals surface area contributed by atoms with Crippen LogP contribution in [0.2, 0.25) is 0 Å². The molecule has 1 aromatic carbocycles. The van der Waals surface area contributed by atoms with Crippen LogP contribution in [-0.4, -0.2) is 5.71 Å². The molecule has 1 saturated carbocycles. The summed E-state index contributed by atoms with van der Waals surface area (Å²) < 4.78 is 0. The largest absolute Gasteiger partial charge is 0.309 e. The van der Waals surface area contributed by atoms with Crippen LogP contribution in [0.25, 0.3) is 0 Å². The molecule has 0 spiro atoms. The molecule has 1 aromatic rings. The summed E-state index contributed by atoms with van der Waals surface area (Å²) in [6.07, 6.45) is 5.23. The Balaban J connectivity index is 2.39. The average molecular weight is 215 g/mol. The highest BCUT2D eigenvalue weighted by molar-refractivity contribution is 5.90. The molecule has 0 radical (unpaired) electrons. The van der Waals surface area contributed by atoms with Crippen molar-refractivity contribution in [3.8, 4) is 0 Å². The summed E-state index contributed by atoms with van der Waals surface area (Å²) in [5.41, 5.74) is 2.08. The van der Waals surface area contributed by atoms with Gasteiger partial charge in [0.25, 0.3) is 0 Å². The first-order valence-electron chi connectivity index (χ1n) is 6.27. The minimum atomic E-state index is -0.0439. The van der Waals surface area contributed by atoms with Gasteiger partial charge in [0.05, 0.1) is 0 Å². The van der Waals surface area contributed by atoms with Gasteiger partial charge in [-0.25, -0.2) is 0 Å². The molecule has 16 heavy (non-hydrogen) atoms. The summed E-state index contributed by atoms with van der Waals surface area (Å²) in [5, 5.41) is 8.15. The Labute approximate surface area is 98.4 Å². The standard InChI is InChI=1S/C15H21N/c1-12(16)15(2,14-10-6-7-11-14)13-8-4-3-5-9-13/h3-5,8-9,14,16H,6-7,10-11H2,1-2H3. The van der Waals surface area contributed by atoms with Crippen molar-refractivity contribution in [2.75, 3.05) is 0 Å².